The fourth-order valence-electron chi connectivity index (χ4n) is 1.20. The van der Waals surface area contributed by atoms with Crippen LogP contribution in [0.3, 0.4) is 0 Å². The van der Waals surface area contributed by atoms with Gasteiger partial charge in [0.25, 0.3) is 0 Å². The number of nitrogens with one attached hydrogen (secondary N) is 2. The normalized spacial score (nSPS) is 12.1. The molecular weight excluding hydrogens is 246 g/mol. The van der Waals surface area contributed by atoms with Crippen LogP contribution >= 0.6 is 0 Å². The van der Waals surface area contributed by atoms with Crippen molar-refractivity contribution < 1.29 is 14.7 Å². The van der Waals surface area contributed by atoms with Gasteiger partial charge in [-0.15, -0.1) is 0 Å². The predicted molar refractivity (Wildman–Crippen MR) is 71.7 cm³/mol. The molecule has 0 saturated heterocycles. The van der Waals surface area contributed by atoms with Gasteiger partial charge in [0.05, 0.1) is 6.21 Å². The van der Waals surface area contributed by atoms with E-state index in [2.05, 4.69) is 15.8 Å². The van der Waals surface area contributed by atoms with Gasteiger partial charge in [-0.1, -0.05) is 19.1 Å². The molecule has 0 aliphatic heterocycles. The Morgan fingerprint density at radius 2 is 2.05 bits per heavy atom. The minimum Gasteiger partial charge on any atom is -0.507 e. The quantitative estimate of drug-likeness (QED) is 0.425. The fraction of sp³-hybridized carbons (Fsp3) is 0.308. The molecule has 0 fully saturated rings. The maximum Gasteiger partial charge on any atom is 0.329 e. The number of carbonyl (C=O) groups excluding carboxylic acids is 2. The van der Waals surface area contributed by atoms with E-state index in [-0.39, 0.29) is 11.8 Å². The zero-order valence-electron chi connectivity index (χ0n) is 10.9. The lowest BCUT2D eigenvalue weighted by Crippen LogP contribution is -2.41. The van der Waals surface area contributed by atoms with Crippen molar-refractivity contribution in [3.05, 3.63) is 29.8 Å². The second-order valence-electron chi connectivity index (χ2n) is 4.04. The first-order chi connectivity index (χ1) is 9.04. The number of hydrazone groups is 1. The third kappa shape index (κ3) is 4.79. The molecule has 0 unspecified atom stereocenters. The van der Waals surface area contributed by atoms with E-state index in [4.69, 9.17) is 0 Å². The van der Waals surface area contributed by atoms with Gasteiger partial charge < -0.3 is 10.4 Å². The maximum atomic E-state index is 11.4. The summed E-state index contributed by atoms with van der Waals surface area (Å²) < 4.78 is 0. The first-order valence-corrected chi connectivity index (χ1v) is 5.96. The molecule has 1 rings (SSSR count). The van der Waals surface area contributed by atoms with Crippen LogP contribution in [-0.4, -0.2) is 29.2 Å². The highest BCUT2D eigenvalue weighted by atomic mass is 16.3. The van der Waals surface area contributed by atoms with Gasteiger partial charge >= 0.3 is 11.8 Å². The van der Waals surface area contributed by atoms with E-state index in [1.165, 1.54) is 12.3 Å². The molecule has 102 valence electrons. The van der Waals surface area contributed by atoms with Crippen molar-refractivity contribution in [2.45, 2.75) is 26.3 Å². The minimum absolute atomic E-state index is 0.0459. The third-order valence-electron chi connectivity index (χ3n) is 2.50. The van der Waals surface area contributed by atoms with Crippen LogP contribution in [0.5, 0.6) is 5.75 Å². The van der Waals surface area contributed by atoms with E-state index in [0.717, 1.165) is 6.42 Å². The summed E-state index contributed by atoms with van der Waals surface area (Å²) in [6.45, 7) is 3.70. The van der Waals surface area contributed by atoms with Gasteiger partial charge in [-0.25, -0.2) is 5.43 Å². The van der Waals surface area contributed by atoms with E-state index in [1.807, 2.05) is 6.92 Å². The van der Waals surface area contributed by atoms with Crippen molar-refractivity contribution >= 4 is 18.0 Å². The summed E-state index contributed by atoms with van der Waals surface area (Å²) in [4.78, 5) is 22.7. The van der Waals surface area contributed by atoms with E-state index < -0.39 is 11.8 Å². The number of nitrogens with zero attached hydrogens (tertiary/aromatic N) is 1. The lowest BCUT2D eigenvalue weighted by molar-refractivity contribution is -0.139. The number of aromatic hydroxyl groups is 1. The Bertz CT molecular complexity index is 486. The standard InChI is InChI=1S/C13H17N3O3/c1-3-9(2)15-12(18)13(19)16-14-8-10-6-4-5-7-11(10)17/h4-9,17H,3H2,1-2H3,(H,15,18)(H,16,19)/b14-8-/t9-/m1/s1. The average molecular weight is 263 g/mol. The Labute approximate surface area is 111 Å². The van der Waals surface area contributed by atoms with Crippen molar-refractivity contribution in [2.75, 3.05) is 0 Å². The number of para-hydroxylation sites is 1. The molecule has 0 aliphatic carbocycles. The predicted octanol–water partition coefficient (Wildman–Crippen LogP) is 0.757. The van der Waals surface area contributed by atoms with Crippen molar-refractivity contribution in [3.63, 3.8) is 0 Å². The number of phenols is 1. The summed E-state index contributed by atoms with van der Waals surface area (Å²) in [7, 11) is 0. The summed E-state index contributed by atoms with van der Waals surface area (Å²) in [6, 6.07) is 6.45. The smallest absolute Gasteiger partial charge is 0.329 e. The maximum absolute atomic E-state index is 11.4. The Morgan fingerprint density at radius 3 is 2.68 bits per heavy atom. The SMILES string of the molecule is CC[C@@H](C)NC(=O)C(=O)N/N=C\c1ccccc1O. The first-order valence-electron chi connectivity index (χ1n) is 5.96. The van der Waals surface area contributed by atoms with Crippen molar-refractivity contribution in [2.24, 2.45) is 5.10 Å². The highest BCUT2D eigenvalue weighted by Crippen LogP contribution is 2.12. The lowest BCUT2D eigenvalue weighted by atomic mass is 10.2. The Hall–Kier alpha value is -2.37. The van der Waals surface area contributed by atoms with Gasteiger partial charge in [-0.2, -0.15) is 5.10 Å². The van der Waals surface area contributed by atoms with E-state index in [1.54, 1.807) is 25.1 Å². The number of rotatable bonds is 4. The van der Waals surface area contributed by atoms with Crippen LogP contribution < -0.4 is 10.7 Å². The molecule has 1 aromatic carbocycles. The zero-order chi connectivity index (χ0) is 14.3. The lowest BCUT2D eigenvalue weighted by Gasteiger charge is -2.09. The summed E-state index contributed by atoms with van der Waals surface area (Å²) in [6.07, 6.45) is 2.00. The molecule has 6 heteroatoms. The first kappa shape index (κ1) is 14.7. The Kier molecular flexibility index (Phi) is 5.53. The third-order valence-corrected chi connectivity index (χ3v) is 2.50. The number of carbonyl (C=O) groups is 2. The molecule has 19 heavy (non-hydrogen) atoms. The van der Waals surface area contributed by atoms with E-state index >= 15 is 0 Å². The topological polar surface area (TPSA) is 90.8 Å². The molecule has 6 nitrogen and oxygen atoms in total. The number of hydrogen-bond donors (Lipinski definition) is 3. The molecule has 0 saturated carbocycles. The largest absolute Gasteiger partial charge is 0.507 e. The van der Waals surface area contributed by atoms with Crippen LogP contribution in [0.15, 0.2) is 29.4 Å². The number of amides is 2. The van der Waals surface area contributed by atoms with Crippen LogP contribution in [-0.2, 0) is 9.59 Å². The molecule has 0 radical (unpaired) electrons. The van der Waals surface area contributed by atoms with Crippen molar-refractivity contribution in [3.8, 4) is 5.75 Å². The molecule has 2 amide bonds. The van der Waals surface area contributed by atoms with Gasteiger partial charge in [-0.3, -0.25) is 9.59 Å². The van der Waals surface area contributed by atoms with Crippen LogP contribution in [0.25, 0.3) is 0 Å². The van der Waals surface area contributed by atoms with Crippen molar-refractivity contribution in [1.29, 1.82) is 0 Å². The highest BCUT2D eigenvalue weighted by Gasteiger charge is 2.14. The van der Waals surface area contributed by atoms with E-state index in [9.17, 15) is 14.7 Å². The van der Waals surface area contributed by atoms with Gasteiger partial charge in [0.1, 0.15) is 5.75 Å². The number of hydrogen-bond acceptors (Lipinski definition) is 4. The summed E-state index contributed by atoms with van der Waals surface area (Å²) in [5.74, 6) is -1.53. The molecule has 0 spiro atoms. The van der Waals surface area contributed by atoms with Crippen molar-refractivity contribution in [1.82, 2.24) is 10.7 Å². The summed E-state index contributed by atoms with van der Waals surface area (Å²) >= 11 is 0. The molecule has 0 aromatic heterocycles. The molecule has 0 heterocycles. The van der Waals surface area contributed by atoms with Gasteiger partial charge in [0.15, 0.2) is 0 Å². The minimum atomic E-state index is -0.841. The molecule has 0 bridgehead atoms. The second-order valence-corrected chi connectivity index (χ2v) is 4.04. The number of phenolic OH excluding ortho intramolecular Hbond substituents is 1. The summed E-state index contributed by atoms with van der Waals surface area (Å²) in [5.41, 5.74) is 2.54. The van der Waals surface area contributed by atoms with E-state index in [0.29, 0.717) is 5.56 Å². The van der Waals surface area contributed by atoms with Crippen LogP contribution in [0.2, 0.25) is 0 Å². The molecule has 3 N–H and O–H groups in total. The highest BCUT2D eigenvalue weighted by molar-refractivity contribution is 6.35. The molecular formula is C13H17N3O3. The zero-order valence-corrected chi connectivity index (χ0v) is 10.9. The van der Waals surface area contributed by atoms with Crippen LogP contribution in [0, 0.1) is 0 Å². The molecule has 1 aromatic rings. The van der Waals surface area contributed by atoms with Crippen LogP contribution in [0.1, 0.15) is 25.8 Å². The molecule has 0 aliphatic rings. The van der Waals surface area contributed by atoms with Gasteiger partial charge in [-0.05, 0) is 25.5 Å². The van der Waals surface area contributed by atoms with Crippen LogP contribution in [0.4, 0.5) is 0 Å². The number of benzene rings is 1. The average Bonchev–Trinajstić information content (AvgIpc) is 2.40. The van der Waals surface area contributed by atoms with Gasteiger partial charge in [0.2, 0.25) is 0 Å². The second kappa shape index (κ2) is 7.15. The summed E-state index contributed by atoms with van der Waals surface area (Å²) in [5, 5.41) is 15.6. The molecule has 1 atom stereocenters. The fourth-order valence-corrected chi connectivity index (χ4v) is 1.20. The monoisotopic (exact) mass is 263 g/mol. The Balaban J connectivity index is 2.50. The Morgan fingerprint density at radius 1 is 1.37 bits per heavy atom. The van der Waals surface area contributed by atoms with Gasteiger partial charge in [0, 0.05) is 11.6 Å².